The lowest BCUT2D eigenvalue weighted by Gasteiger charge is -2.26. The van der Waals surface area contributed by atoms with Crippen LogP contribution in [0.2, 0.25) is 0 Å². The second kappa shape index (κ2) is 2.30. The Hall–Kier alpha value is -0.0400. The van der Waals surface area contributed by atoms with E-state index in [1.165, 1.54) is 19.3 Å². The Morgan fingerprint density at radius 3 is 2.56 bits per heavy atom. The first-order valence-electron chi connectivity index (χ1n) is 3.89. The third-order valence-electron chi connectivity index (χ3n) is 3.04. The van der Waals surface area contributed by atoms with Gasteiger partial charge in [0.05, 0.1) is 0 Å². The molecule has 0 aromatic heterocycles. The van der Waals surface area contributed by atoms with Crippen LogP contribution in [0.15, 0.2) is 0 Å². The van der Waals surface area contributed by atoms with Crippen molar-refractivity contribution >= 4 is 0 Å². The standard InChI is InChI=1S/C8H17N/c1-7-4-3-5-8(7,2)6-9/h7H,3-6,9H2,1-2H3/t7-,8-/m0/s1. The Bertz CT molecular complexity index is 101. The van der Waals surface area contributed by atoms with E-state index in [2.05, 4.69) is 13.8 Å². The zero-order valence-electron chi connectivity index (χ0n) is 6.48. The lowest BCUT2D eigenvalue weighted by atomic mass is 9.81. The fraction of sp³-hybridized carbons (Fsp3) is 1.00. The van der Waals surface area contributed by atoms with Gasteiger partial charge < -0.3 is 5.73 Å². The summed E-state index contributed by atoms with van der Waals surface area (Å²) in [6.07, 6.45) is 4.10. The van der Waals surface area contributed by atoms with Gasteiger partial charge in [0.25, 0.3) is 0 Å². The van der Waals surface area contributed by atoms with Gasteiger partial charge in [0.15, 0.2) is 0 Å². The first kappa shape index (κ1) is 7.07. The number of hydrogen-bond donors (Lipinski definition) is 1. The van der Waals surface area contributed by atoms with E-state index in [0.717, 1.165) is 12.5 Å². The maximum atomic E-state index is 5.66. The van der Waals surface area contributed by atoms with Gasteiger partial charge in [-0.1, -0.05) is 26.7 Å². The van der Waals surface area contributed by atoms with Crippen LogP contribution >= 0.6 is 0 Å². The minimum atomic E-state index is 0.472. The van der Waals surface area contributed by atoms with Crippen molar-refractivity contribution in [2.75, 3.05) is 6.54 Å². The van der Waals surface area contributed by atoms with E-state index in [1.54, 1.807) is 0 Å². The molecule has 1 aliphatic carbocycles. The maximum Gasteiger partial charge on any atom is -0.00206 e. The Labute approximate surface area is 57.6 Å². The van der Waals surface area contributed by atoms with Crippen molar-refractivity contribution in [2.24, 2.45) is 17.1 Å². The molecule has 0 unspecified atom stereocenters. The molecule has 0 amide bonds. The Kier molecular flexibility index (Phi) is 1.80. The molecule has 0 saturated heterocycles. The summed E-state index contributed by atoms with van der Waals surface area (Å²) in [7, 11) is 0. The van der Waals surface area contributed by atoms with Crippen molar-refractivity contribution in [1.82, 2.24) is 0 Å². The highest BCUT2D eigenvalue weighted by molar-refractivity contribution is 4.86. The average molecular weight is 127 g/mol. The summed E-state index contributed by atoms with van der Waals surface area (Å²) in [6.45, 7) is 5.50. The molecule has 0 aromatic carbocycles. The summed E-state index contributed by atoms with van der Waals surface area (Å²) >= 11 is 0. The smallest absolute Gasteiger partial charge is 0.00206 e. The first-order chi connectivity index (χ1) is 4.19. The molecule has 2 N–H and O–H groups in total. The van der Waals surface area contributed by atoms with Gasteiger partial charge >= 0.3 is 0 Å². The summed E-state index contributed by atoms with van der Waals surface area (Å²) in [6, 6.07) is 0. The second-order valence-corrected chi connectivity index (χ2v) is 3.65. The van der Waals surface area contributed by atoms with E-state index in [-0.39, 0.29) is 0 Å². The van der Waals surface area contributed by atoms with Crippen LogP contribution in [-0.2, 0) is 0 Å². The zero-order chi connectivity index (χ0) is 6.91. The van der Waals surface area contributed by atoms with E-state index >= 15 is 0 Å². The molecule has 1 saturated carbocycles. The van der Waals surface area contributed by atoms with Gasteiger partial charge in [-0.2, -0.15) is 0 Å². The molecule has 1 nitrogen and oxygen atoms in total. The monoisotopic (exact) mass is 127 g/mol. The molecule has 0 radical (unpaired) electrons. The quantitative estimate of drug-likeness (QED) is 0.570. The van der Waals surface area contributed by atoms with Crippen LogP contribution in [0, 0.1) is 11.3 Å². The van der Waals surface area contributed by atoms with Gasteiger partial charge in [-0.05, 0) is 24.3 Å². The highest BCUT2D eigenvalue weighted by Crippen LogP contribution is 2.41. The van der Waals surface area contributed by atoms with Crippen LogP contribution in [0.4, 0.5) is 0 Å². The van der Waals surface area contributed by atoms with Crippen molar-refractivity contribution in [2.45, 2.75) is 33.1 Å². The van der Waals surface area contributed by atoms with Crippen LogP contribution in [-0.4, -0.2) is 6.54 Å². The van der Waals surface area contributed by atoms with E-state index in [4.69, 9.17) is 5.73 Å². The van der Waals surface area contributed by atoms with Crippen molar-refractivity contribution in [3.8, 4) is 0 Å². The predicted molar refractivity (Wildman–Crippen MR) is 40.2 cm³/mol. The van der Waals surface area contributed by atoms with Gasteiger partial charge in [-0.3, -0.25) is 0 Å². The molecular weight excluding hydrogens is 110 g/mol. The summed E-state index contributed by atoms with van der Waals surface area (Å²) in [5.41, 5.74) is 6.13. The molecule has 1 rings (SSSR count). The first-order valence-corrected chi connectivity index (χ1v) is 3.89. The third kappa shape index (κ3) is 1.11. The molecule has 9 heavy (non-hydrogen) atoms. The number of nitrogens with two attached hydrogens (primary N) is 1. The summed E-state index contributed by atoms with van der Waals surface area (Å²) in [5, 5.41) is 0. The van der Waals surface area contributed by atoms with E-state index in [1.807, 2.05) is 0 Å². The molecule has 0 spiro atoms. The van der Waals surface area contributed by atoms with Crippen LogP contribution in [0.1, 0.15) is 33.1 Å². The van der Waals surface area contributed by atoms with Gasteiger partial charge in [-0.25, -0.2) is 0 Å². The van der Waals surface area contributed by atoms with Gasteiger partial charge in [0.1, 0.15) is 0 Å². The summed E-state index contributed by atoms with van der Waals surface area (Å²) < 4.78 is 0. The minimum Gasteiger partial charge on any atom is -0.330 e. The van der Waals surface area contributed by atoms with Crippen molar-refractivity contribution < 1.29 is 0 Å². The lowest BCUT2D eigenvalue weighted by molar-refractivity contribution is 0.258. The molecule has 54 valence electrons. The topological polar surface area (TPSA) is 26.0 Å². The molecule has 1 heteroatoms. The van der Waals surface area contributed by atoms with Crippen molar-refractivity contribution in [3.05, 3.63) is 0 Å². The normalized spacial score (nSPS) is 43.7. The minimum absolute atomic E-state index is 0.472. The van der Waals surface area contributed by atoms with Crippen LogP contribution in [0.3, 0.4) is 0 Å². The average Bonchev–Trinajstić information content (AvgIpc) is 2.15. The largest absolute Gasteiger partial charge is 0.330 e. The molecule has 0 aromatic rings. The van der Waals surface area contributed by atoms with Crippen LogP contribution in [0.25, 0.3) is 0 Å². The van der Waals surface area contributed by atoms with Crippen molar-refractivity contribution in [3.63, 3.8) is 0 Å². The summed E-state index contributed by atoms with van der Waals surface area (Å²) in [5.74, 6) is 0.850. The summed E-state index contributed by atoms with van der Waals surface area (Å²) in [4.78, 5) is 0. The molecule has 1 fully saturated rings. The maximum absolute atomic E-state index is 5.66. The van der Waals surface area contributed by atoms with E-state index < -0.39 is 0 Å². The second-order valence-electron chi connectivity index (χ2n) is 3.65. The molecule has 0 bridgehead atoms. The Morgan fingerprint density at radius 1 is 1.67 bits per heavy atom. The fourth-order valence-corrected chi connectivity index (χ4v) is 1.71. The van der Waals surface area contributed by atoms with E-state index in [9.17, 15) is 0 Å². The van der Waals surface area contributed by atoms with Gasteiger partial charge in [0, 0.05) is 0 Å². The predicted octanol–water partition coefficient (Wildman–Crippen LogP) is 1.77. The molecule has 1 aliphatic rings. The van der Waals surface area contributed by atoms with Crippen molar-refractivity contribution in [1.29, 1.82) is 0 Å². The van der Waals surface area contributed by atoms with Gasteiger partial charge in [0.2, 0.25) is 0 Å². The molecule has 2 atom stereocenters. The molecular formula is C8H17N. The SMILES string of the molecule is C[C@H]1CCC[C@@]1(C)CN. The number of hydrogen-bond acceptors (Lipinski definition) is 1. The molecule has 0 heterocycles. The number of rotatable bonds is 1. The third-order valence-corrected chi connectivity index (χ3v) is 3.04. The Balaban J connectivity index is 2.56. The molecule has 0 aliphatic heterocycles. The highest BCUT2D eigenvalue weighted by atomic mass is 14.6. The van der Waals surface area contributed by atoms with Crippen LogP contribution < -0.4 is 5.73 Å². The van der Waals surface area contributed by atoms with Crippen LogP contribution in [0.5, 0.6) is 0 Å². The fourth-order valence-electron chi connectivity index (χ4n) is 1.71. The lowest BCUT2D eigenvalue weighted by Crippen LogP contribution is -2.29. The highest BCUT2D eigenvalue weighted by Gasteiger charge is 2.33. The zero-order valence-corrected chi connectivity index (χ0v) is 6.48. The van der Waals surface area contributed by atoms with Gasteiger partial charge in [-0.15, -0.1) is 0 Å². The van der Waals surface area contributed by atoms with E-state index in [0.29, 0.717) is 5.41 Å². The Morgan fingerprint density at radius 2 is 2.33 bits per heavy atom.